The first-order valence-corrected chi connectivity index (χ1v) is 6.16. The quantitative estimate of drug-likeness (QED) is 0.465. The molecule has 0 spiro atoms. The van der Waals surface area contributed by atoms with Gasteiger partial charge >= 0.3 is 23.7 Å². The molecule has 24 heavy (non-hydrogen) atoms. The molecule has 0 heterocycles. The second-order valence-electron chi connectivity index (χ2n) is 5.04. The molecule has 0 N–H and O–H groups in total. The van der Waals surface area contributed by atoms with Gasteiger partial charge in [-0.15, -0.1) is 0 Å². The number of benzene rings is 1. The third kappa shape index (κ3) is 2.03. The fourth-order valence-corrected chi connectivity index (χ4v) is 2.03. The Hall–Kier alpha value is -1.92. The topological polar surface area (TPSA) is 0 Å². The minimum atomic E-state index is -6.87. The minimum absolute atomic E-state index is 0.304. The fraction of sp³-hybridized carbons (Fsp3) is 0.429. The first-order valence-electron chi connectivity index (χ1n) is 6.16. The molecule has 0 bridgehead atoms. The van der Waals surface area contributed by atoms with Gasteiger partial charge in [-0.2, -0.15) is 35.1 Å². The molecule has 1 saturated carbocycles. The van der Waals surface area contributed by atoms with Gasteiger partial charge in [0.25, 0.3) is 5.67 Å². The van der Waals surface area contributed by atoms with Gasteiger partial charge in [0.05, 0.1) is 0 Å². The Bertz CT molecular complexity index is 685. The third-order valence-electron chi connectivity index (χ3n) is 3.49. The number of rotatable bonds is 0. The highest BCUT2D eigenvalue weighted by molar-refractivity contribution is 5.41. The zero-order valence-corrected chi connectivity index (χ0v) is 11.2. The van der Waals surface area contributed by atoms with Gasteiger partial charge < -0.3 is 0 Å². The van der Waals surface area contributed by atoms with Crippen LogP contribution in [0.25, 0.3) is 0 Å². The van der Waals surface area contributed by atoms with Crippen molar-refractivity contribution >= 4 is 0 Å². The molecule has 1 aromatic rings. The minimum Gasteiger partial charge on any atom is -0.236 e. The van der Waals surface area contributed by atoms with Crippen LogP contribution >= 0.6 is 0 Å². The van der Waals surface area contributed by atoms with Crippen LogP contribution in [-0.4, -0.2) is 35.5 Å². The predicted octanol–water partition coefficient (Wildman–Crippen LogP) is 4.64. The SMILES string of the molecule is FC1C(F)(F)C(F)(F)C(F)(F)C(F)(F)C1(F)C#Cc1ccccc1. The number of halogens is 10. The Kier molecular flexibility index (Phi) is 3.87. The molecule has 1 aliphatic rings. The van der Waals surface area contributed by atoms with Gasteiger partial charge in [0.2, 0.25) is 6.17 Å². The lowest BCUT2D eigenvalue weighted by Gasteiger charge is -2.48. The van der Waals surface area contributed by atoms with E-state index >= 15 is 0 Å². The van der Waals surface area contributed by atoms with Crippen molar-refractivity contribution < 1.29 is 43.9 Å². The van der Waals surface area contributed by atoms with Gasteiger partial charge in [0, 0.05) is 5.56 Å². The maximum absolute atomic E-state index is 14.2. The lowest BCUT2D eigenvalue weighted by atomic mass is 9.74. The molecule has 1 aliphatic carbocycles. The van der Waals surface area contributed by atoms with Gasteiger partial charge in [0.1, 0.15) is 0 Å². The van der Waals surface area contributed by atoms with Gasteiger partial charge in [-0.3, -0.25) is 0 Å². The van der Waals surface area contributed by atoms with Crippen molar-refractivity contribution in [1.82, 2.24) is 0 Å². The molecule has 1 aromatic carbocycles. The van der Waals surface area contributed by atoms with Crippen molar-refractivity contribution in [2.75, 3.05) is 0 Å². The highest BCUT2D eigenvalue weighted by Gasteiger charge is 2.95. The van der Waals surface area contributed by atoms with Crippen molar-refractivity contribution in [2.45, 2.75) is 35.5 Å². The van der Waals surface area contributed by atoms with E-state index < -0.39 is 35.5 Å². The molecule has 2 unspecified atom stereocenters. The molecule has 2 atom stereocenters. The van der Waals surface area contributed by atoms with Crippen LogP contribution in [0.4, 0.5) is 43.9 Å². The monoisotopic (exact) mass is 364 g/mol. The summed E-state index contributed by atoms with van der Waals surface area (Å²) < 4.78 is 134. The summed E-state index contributed by atoms with van der Waals surface area (Å²) in [6.45, 7) is 0. The van der Waals surface area contributed by atoms with Gasteiger partial charge in [-0.05, 0) is 18.1 Å². The van der Waals surface area contributed by atoms with E-state index in [9.17, 15) is 43.9 Å². The van der Waals surface area contributed by atoms with Gasteiger partial charge in [-0.1, -0.05) is 24.1 Å². The van der Waals surface area contributed by atoms with Crippen LogP contribution in [0, 0.1) is 11.8 Å². The molecule has 0 saturated heterocycles. The summed E-state index contributed by atoms with van der Waals surface area (Å²) in [6.07, 6.45) is -4.98. The third-order valence-corrected chi connectivity index (χ3v) is 3.49. The summed E-state index contributed by atoms with van der Waals surface area (Å²) in [5.41, 5.74) is -5.83. The van der Waals surface area contributed by atoms with Crippen molar-refractivity contribution in [3.63, 3.8) is 0 Å². The van der Waals surface area contributed by atoms with Crippen molar-refractivity contribution in [1.29, 1.82) is 0 Å². The van der Waals surface area contributed by atoms with Crippen LogP contribution in [0.1, 0.15) is 5.56 Å². The summed E-state index contributed by atoms with van der Waals surface area (Å²) in [5.74, 6) is -24.4. The van der Waals surface area contributed by atoms with Crippen molar-refractivity contribution in [3.8, 4) is 11.8 Å². The first-order chi connectivity index (χ1) is 10.7. The van der Waals surface area contributed by atoms with Crippen LogP contribution in [0.15, 0.2) is 30.3 Å². The average molecular weight is 364 g/mol. The van der Waals surface area contributed by atoms with Crippen molar-refractivity contribution in [2.24, 2.45) is 0 Å². The summed E-state index contributed by atoms with van der Waals surface area (Å²) in [7, 11) is 0. The first kappa shape index (κ1) is 18.4. The van der Waals surface area contributed by atoms with Crippen LogP contribution in [0.5, 0.6) is 0 Å². The molecule has 0 amide bonds. The number of hydrogen-bond acceptors (Lipinski definition) is 0. The van der Waals surface area contributed by atoms with Crippen molar-refractivity contribution in [3.05, 3.63) is 35.9 Å². The zero-order valence-electron chi connectivity index (χ0n) is 11.2. The van der Waals surface area contributed by atoms with E-state index in [-0.39, 0.29) is 5.56 Å². The molecule has 2 rings (SSSR count). The standard InChI is InChI=1S/C14H6F10/c15-9-10(16,7-6-8-4-2-1-3-5-8)12(19,20)14(23,24)13(21,22)11(9,17)18/h1-5,9H. The van der Waals surface area contributed by atoms with E-state index in [2.05, 4.69) is 0 Å². The molecule has 0 aliphatic heterocycles. The maximum atomic E-state index is 14.2. The Morgan fingerprint density at radius 2 is 1.21 bits per heavy atom. The van der Waals surface area contributed by atoms with E-state index in [1.165, 1.54) is 24.1 Å². The van der Waals surface area contributed by atoms with E-state index in [4.69, 9.17) is 0 Å². The fourth-order valence-electron chi connectivity index (χ4n) is 2.03. The molecule has 0 radical (unpaired) electrons. The number of hydrogen-bond donors (Lipinski definition) is 0. The molecule has 1 fully saturated rings. The second-order valence-corrected chi connectivity index (χ2v) is 5.04. The lowest BCUT2D eigenvalue weighted by Crippen LogP contribution is -2.79. The highest BCUT2D eigenvalue weighted by Crippen LogP contribution is 2.64. The van der Waals surface area contributed by atoms with Crippen LogP contribution in [-0.2, 0) is 0 Å². The van der Waals surface area contributed by atoms with E-state index in [0.29, 0.717) is 5.92 Å². The largest absolute Gasteiger partial charge is 0.382 e. The van der Waals surface area contributed by atoms with Crippen LogP contribution in [0.3, 0.4) is 0 Å². The maximum Gasteiger partial charge on any atom is 0.382 e. The number of alkyl halides is 10. The Morgan fingerprint density at radius 3 is 1.71 bits per heavy atom. The molecule has 10 heteroatoms. The average Bonchev–Trinajstić information content (AvgIpc) is 2.51. The Balaban J connectivity index is 2.66. The van der Waals surface area contributed by atoms with E-state index in [1.54, 1.807) is 0 Å². The summed E-state index contributed by atoms with van der Waals surface area (Å²) in [4.78, 5) is 0. The molecular weight excluding hydrogens is 358 g/mol. The van der Waals surface area contributed by atoms with Gasteiger partial charge in [0.15, 0.2) is 0 Å². The van der Waals surface area contributed by atoms with Crippen LogP contribution in [0.2, 0.25) is 0 Å². The zero-order chi connectivity index (χ0) is 18.6. The highest BCUT2D eigenvalue weighted by atomic mass is 19.4. The van der Waals surface area contributed by atoms with E-state index in [1.807, 2.05) is 0 Å². The molecule has 0 aromatic heterocycles. The summed E-state index contributed by atoms with van der Waals surface area (Å²) >= 11 is 0. The molecule has 132 valence electrons. The molecule has 0 nitrogen and oxygen atoms in total. The smallest absolute Gasteiger partial charge is 0.236 e. The van der Waals surface area contributed by atoms with Crippen LogP contribution < -0.4 is 0 Å². The Labute approximate surface area is 128 Å². The summed E-state index contributed by atoms with van der Waals surface area (Å²) in [6, 6.07) is 5.99. The lowest BCUT2D eigenvalue weighted by molar-refractivity contribution is -0.433. The second kappa shape index (κ2) is 5.04. The van der Waals surface area contributed by atoms with E-state index in [0.717, 1.165) is 12.1 Å². The summed E-state index contributed by atoms with van der Waals surface area (Å²) in [5, 5.41) is 0. The normalized spacial score (nSPS) is 32.5. The Morgan fingerprint density at radius 1 is 0.708 bits per heavy atom. The molecular formula is C14H6F10. The van der Waals surface area contributed by atoms with Gasteiger partial charge in [-0.25, -0.2) is 8.78 Å². The predicted molar refractivity (Wildman–Crippen MR) is 61.8 cm³/mol.